The molecular weight excluding hydrogens is 234 g/mol. The van der Waals surface area contributed by atoms with Crippen LogP contribution in [0, 0.1) is 22.7 Å². The van der Waals surface area contributed by atoms with Crippen molar-refractivity contribution in [3.05, 3.63) is 47.0 Å². The molecule has 1 aliphatic rings. The van der Waals surface area contributed by atoms with Crippen molar-refractivity contribution in [2.24, 2.45) is 0 Å². The van der Waals surface area contributed by atoms with Crippen LogP contribution in [0.3, 0.4) is 0 Å². The Labute approximate surface area is 113 Å². The number of nitriles is 2. The van der Waals surface area contributed by atoms with Gasteiger partial charge in [-0.2, -0.15) is 10.5 Å². The molecule has 0 heterocycles. The van der Waals surface area contributed by atoms with Crippen molar-refractivity contribution in [2.75, 3.05) is 13.1 Å². The predicted molar refractivity (Wildman–Crippen MR) is 75.5 cm³/mol. The lowest BCUT2D eigenvalue weighted by Crippen LogP contribution is -2.20. The van der Waals surface area contributed by atoms with Crippen LogP contribution in [0.2, 0.25) is 0 Å². The second-order valence-electron chi connectivity index (χ2n) is 4.26. The minimum atomic E-state index is 0.176. The molecule has 3 heteroatoms. The standard InChI is InChI=1S/C16H15N3/c1-3-19(4-2)16-9-15(12(10-17)11-18)13-7-5-6-8-14(13)16/h5-9H,3-4H2,1-2H3. The van der Waals surface area contributed by atoms with E-state index in [-0.39, 0.29) is 5.57 Å². The molecule has 0 amide bonds. The summed E-state index contributed by atoms with van der Waals surface area (Å²) in [5.74, 6) is 0. The fourth-order valence-corrected chi connectivity index (χ4v) is 2.41. The Morgan fingerprint density at radius 1 is 1.05 bits per heavy atom. The lowest BCUT2D eigenvalue weighted by atomic mass is 10.0. The fourth-order valence-electron chi connectivity index (χ4n) is 2.41. The smallest absolute Gasteiger partial charge is 0.137 e. The summed E-state index contributed by atoms with van der Waals surface area (Å²) in [6.07, 6.45) is 1.96. The van der Waals surface area contributed by atoms with E-state index in [9.17, 15) is 0 Å². The van der Waals surface area contributed by atoms with E-state index in [1.54, 1.807) is 0 Å². The summed E-state index contributed by atoms with van der Waals surface area (Å²) in [4.78, 5) is 2.23. The number of fused-ring (bicyclic) bond motifs is 1. The van der Waals surface area contributed by atoms with Crippen molar-refractivity contribution < 1.29 is 0 Å². The minimum Gasteiger partial charge on any atom is -0.372 e. The zero-order valence-electron chi connectivity index (χ0n) is 11.1. The van der Waals surface area contributed by atoms with Gasteiger partial charge in [-0.05, 0) is 25.5 Å². The Kier molecular flexibility index (Phi) is 3.68. The van der Waals surface area contributed by atoms with Crippen LogP contribution < -0.4 is 0 Å². The fraction of sp³-hybridized carbons (Fsp3) is 0.250. The number of benzene rings is 1. The summed E-state index contributed by atoms with van der Waals surface area (Å²) in [6.45, 7) is 6.01. The van der Waals surface area contributed by atoms with Gasteiger partial charge in [0.15, 0.2) is 0 Å². The molecule has 1 aromatic rings. The topological polar surface area (TPSA) is 50.8 Å². The summed E-state index contributed by atoms with van der Waals surface area (Å²) >= 11 is 0. The number of hydrogen-bond donors (Lipinski definition) is 0. The van der Waals surface area contributed by atoms with Crippen LogP contribution in [-0.4, -0.2) is 18.0 Å². The van der Waals surface area contributed by atoms with E-state index in [1.807, 2.05) is 42.5 Å². The first-order valence-corrected chi connectivity index (χ1v) is 6.37. The van der Waals surface area contributed by atoms with Crippen LogP contribution in [0.15, 0.2) is 35.9 Å². The molecule has 0 aromatic heterocycles. The molecule has 0 unspecified atom stereocenters. The van der Waals surface area contributed by atoms with E-state index >= 15 is 0 Å². The van der Waals surface area contributed by atoms with Gasteiger partial charge in [0.2, 0.25) is 0 Å². The van der Waals surface area contributed by atoms with Crippen LogP contribution in [0.5, 0.6) is 0 Å². The summed E-state index contributed by atoms with van der Waals surface area (Å²) < 4.78 is 0. The van der Waals surface area contributed by atoms with Crippen LogP contribution in [0.1, 0.15) is 25.0 Å². The third-order valence-corrected chi connectivity index (χ3v) is 3.37. The van der Waals surface area contributed by atoms with Crippen molar-refractivity contribution >= 4 is 11.3 Å². The van der Waals surface area contributed by atoms with Crippen LogP contribution in [0.25, 0.3) is 11.3 Å². The zero-order chi connectivity index (χ0) is 13.8. The van der Waals surface area contributed by atoms with Crippen molar-refractivity contribution in [3.8, 4) is 12.1 Å². The molecule has 0 aliphatic heterocycles. The summed E-state index contributed by atoms with van der Waals surface area (Å²) in [5.41, 5.74) is 4.09. The Balaban J connectivity index is 2.66. The molecule has 0 radical (unpaired) electrons. The Morgan fingerprint density at radius 2 is 1.63 bits per heavy atom. The van der Waals surface area contributed by atoms with Gasteiger partial charge in [0, 0.05) is 29.9 Å². The molecule has 0 saturated heterocycles. The Hall–Kier alpha value is -2.52. The minimum absolute atomic E-state index is 0.176. The average molecular weight is 249 g/mol. The van der Waals surface area contributed by atoms with Gasteiger partial charge in [0.25, 0.3) is 0 Å². The van der Waals surface area contributed by atoms with Crippen molar-refractivity contribution in [1.82, 2.24) is 4.90 Å². The van der Waals surface area contributed by atoms with E-state index in [4.69, 9.17) is 10.5 Å². The molecule has 3 nitrogen and oxygen atoms in total. The molecule has 0 spiro atoms. The Morgan fingerprint density at radius 3 is 2.16 bits per heavy atom. The largest absolute Gasteiger partial charge is 0.372 e. The zero-order valence-corrected chi connectivity index (χ0v) is 11.1. The second kappa shape index (κ2) is 5.42. The molecule has 19 heavy (non-hydrogen) atoms. The number of hydrogen-bond acceptors (Lipinski definition) is 3. The monoisotopic (exact) mass is 249 g/mol. The van der Waals surface area contributed by atoms with Gasteiger partial charge in [-0.15, -0.1) is 0 Å². The van der Waals surface area contributed by atoms with E-state index in [0.717, 1.165) is 35.5 Å². The molecular formula is C16H15N3. The number of nitrogens with zero attached hydrogens (tertiary/aromatic N) is 3. The SMILES string of the molecule is CCN(CC)C1=CC(=C(C#N)C#N)c2ccccc21. The van der Waals surface area contributed by atoms with Crippen LogP contribution >= 0.6 is 0 Å². The average Bonchev–Trinajstić information content (AvgIpc) is 2.82. The van der Waals surface area contributed by atoms with Gasteiger partial charge < -0.3 is 4.90 Å². The van der Waals surface area contributed by atoms with Crippen LogP contribution in [0.4, 0.5) is 0 Å². The van der Waals surface area contributed by atoms with E-state index in [1.165, 1.54) is 0 Å². The molecule has 0 saturated carbocycles. The van der Waals surface area contributed by atoms with Crippen molar-refractivity contribution in [2.45, 2.75) is 13.8 Å². The highest BCUT2D eigenvalue weighted by Gasteiger charge is 2.23. The lowest BCUT2D eigenvalue weighted by Gasteiger charge is -2.22. The highest BCUT2D eigenvalue weighted by molar-refractivity contribution is 5.98. The molecule has 0 N–H and O–H groups in total. The normalized spacial score (nSPS) is 12.2. The van der Waals surface area contributed by atoms with E-state index < -0.39 is 0 Å². The first-order valence-electron chi connectivity index (χ1n) is 6.37. The third kappa shape index (κ3) is 2.11. The highest BCUT2D eigenvalue weighted by Crippen LogP contribution is 2.38. The van der Waals surface area contributed by atoms with Gasteiger partial charge in [-0.1, -0.05) is 24.3 Å². The molecule has 0 bridgehead atoms. The first-order chi connectivity index (χ1) is 9.26. The second-order valence-corrected chi connectivity index (χ2v) is 4.26. The maximum Gasteiger partial charge on any atom is 0.137 e. The van der Waals surface area contributed by atoms with Gasteiger partial charge >= 0.3 is 0 Å². The van der Waals surface area contributed by atoms with Gasteiger partial charge in [0.1, 0.15) is 17.7 Å². The molecule has 0 fully saturated rings. The van der Waals surface area contributed by atoms with Gasteiger partial charge in [-0.25, -0.2) is 0 Å². The predicted octanol–water partition coefficient (Wildman–Crippen LogP) is 3.18. The number of rotatable bonds is 3. The molecule has 94 valence electrons. The lowest BCUT2D eigenvalue weighted by molar-refractivity contribution is 0.443. The molecule has 2 rings (SSSR count). The molecule has 1 aliphatic carbocycles. The molecule has 0 atom stereocenters. The highest BCUT2D eigenvalue weighted by atomic mass is 15.1. The molecule has 1 aromatic carbocycles. The quantitative estimate of drug-likeness (QED) is 0.773. The Bertz CT molecular complexity index is 619. The maximum atomic E-state index is 9.08. The van der Waals surface area contributed by atoms with E-state index in [0.29, 0.717) is 0 Å². The van der Waals surface area contributed by atoms with Crippen molar-refractivity contribution in [1.29, 1.82) is 10.5 Å². The van der Waals surface area contributed by atoms with Gasteiger partial charge in [-0.3, -0.25) is 0 Å². The first kappa shape index (κ1) is 12.9. The third-order valence-electron chi connectivity index (χ3n) is 3.37. The summed E-state index contributed by atoms with van der Waals surface area (Å²) in [6, 6.07) is 11.9. The van der Waals surface area contributed by atoms with Crippen molar-refractivity contribution in [3.63, 3.8) is 0 Å². The summed E-state index contributed by atoms with van der Waals surface area (Å²) in [7, 11) is 0. The van der Waals surface area contributed by atoms with E-state index in [2.05, 4.69) is 18.7 Å². The maximum absolute atomic E-state index is 9.08. The number of allylic oxidation sites excluding steroid dienone is 3. The van der Waals surface area contributed by atoms with Gasteiger partial charge in [0.05, 0.1) is 0 Å². The van der Waals surface area contributed by atoms with Crippen LogP contribution in [-0.2, 0) is 0 Å². The summed E-state index contributed by atoms with van der Waals surface area (Å²) in [5, 5.41) is 18.2.